The van der Waals surface area contributed by atoms with E-state index in [1.807, 2.05) is 0 Å². The first kappa shape index (κ1) is 22.6. The highest BCUT2D eigenvalue weighted by Gasteiger charge is 2.17. The first-order valence-electron chi connectivity index (χ1n) is 11.1. The molecule has 1 unspecified atom stereocenters. The molecule has 0 aliphatic carbocycles. The van der Waals surface area contributed by atoms with Gasteiger partial charge in [-0.25, -0.2) is 5.43 Å². The Kier molecular flexibility index (Phi) is 8.26. The maximum absolute atomic E-state index is 3.78. The van der Waals surface area contributed by atoms with E-state index in [4.69, 9.17) is 0 Å². The molecule has 3 aromatic carbocycles. The summed E-state index contributed by atoms with van der Waals surface area (Å²) in [4.78, 5) is 0. The van der Waals surface area contributed by atoms with Gasteiger partial charge in [-0.3, -0.25) is 0 Å². The number of nitrogens with one attached hydrogen (secondary N) is 2. The summed E-state index contributed by atoms with van der Waals surface area (Å²) >= 11 is 0. The van der Waals surface area contributed by atoms with Gasteiger partial charge in [0.15, 0.2) is 0 Å². The molecule has 1 atom stereocenters. The van der Waals surface area contributed by atoms with Crippen molar-refractivity contribution in [3.63, 3.8) is 0 Å². The monoisotopic (exact) mass is 410 g/mol. The van der Waals surface area contributed by atoms with Crippen molar-refractivity contribution in [1.29, 1.82) is 0 Å². The Bertz CT molecular complexity index is 1000. The number of hydrazine groups is 1. The molecule has 3 aromatic rings. The van der Waals surface area contributed by atoms with Crippen LogP contribution in [0.1, 0.15) is 41.7 Å². The minimum Gasteiger partial charge on any atom is -0.329 e. The van der Waals surface area contributed by atoms with Crippen molar-refractivity contribution in [2.24, 2.45) is 0 Å². The molecule has 2 nitrogen and oxygen atoms in total. The zero-order valence-electron chi connectivity index (χ0n) is 19.0. The molecule has 0 aromatic heterocycles. The molecule has 0 bridgehead atoms. The summed E-state index contributed by atoms with van der Waals surface area (Å²) in [6, 6.07) is 28.7. The van der Waals surface area contributed by atoms with E-state index < -0.39 is 0 Å². The van der Waals surface area contributed by atoms with Crippen LogP contribution in [0.4, 0.5) is 0 Å². The van der Waals surface area contributed by atoms with Crippen molar-refractivity contribution in [1.82, 2.24) is 10.9 Å². The summed E-state index contributed by atoms with van der Waals surface area (Å²) in [5, 5.41) is 0. The van der Waals surface area contributed by atoms with Crippen molar-refractivity contribution in [3.8, 4) is 0 Å². The second-order valence-corrected chi connectivity index (χ2v) is 8.11. The lowest BCUT2D eigenvalue weighted by molar-refractivity contribution is 0.585. The number of hydrogen-bond acceptors (Lipinski definition) is 2. The highest BCUT2D eigenvalue weighted by molar-refractivity contribution is 5.73. The lowest BCUT2D eigenvalue weighted by Gasteiger charge is -2.24. The third kappa shape index (κ3) is 6.44. The fraction of sp³-hybridized carbons (Fsp3) is 0.241. The molecule has 0 saturated carbocycles. The lowest BCUT2D eigenvalue weighted by atomic mass is 9.87. The van der Waals surface area contributed by atoms with Gasteiger partial charge in [0, 0.05) is 12.2 Å². The van der Waals surface area contributed by atoms with Crippen molar-refractivity contribution in [2.45, 2.75) is 46.1 Å². The summed E-state index contributed by atoms with van der Waals surface area (Å²) in [6.07, 6.45) is 4.58. The molecule has 0 heterocycles. The first-order chi connectivity index (χ1) is 15.1. The van der Waals surface area contributed by atoms with E-state index in [0.29, 0.717) is 0 Å². The van der Waals surface area contributed by atoms with Gasteiger partial charge in [-0.15, -0.1) is 0 Å². The highest BCUT2D eigenvalue weighted by atomic mass is 15.4. The van der Waals surface area contributed by atoms with E-state index in [9.17, 15) is 0 Å². The highest BCUT2D eigenvalue weighted by Crippen LogP contribution is 2.28. The maximum Gasteiger partial charge on any atom is 0.0487 e. The predicted molar refractivity (Wildman–Crippen MR) is 134 cm³/mol. The minimum atomic E-state index is 0.121. The van der Waals surface area contributed by atoms with E-state index in [1.54, 1.807) is 6.20 Å². The van der Waals surface area contributed by atoms with Crippen molar-refractivity contribution >= 4 is 5.57 Å². The summed E-state index contributed by atoms with van der Waals surface area (Å²) in [5.41, 5.74) is 15.9. The second kappa shape index (κ2) is 11.3. The summed E-state index contributed by atoms with van der Waals surface area (Å²) in [5.74, 6) is 0. The van der Waals surface area contributed by atoms with Gasteiger partial charge in [0.2, 0.25) is 0 Å². The number of hydrogen-bond donors (Lipinski definition) is 2. The summed E-state index contributed by atoms with van der Waals surface area (Å²) < 4.78 is 0. The lowest BCUT2D eigenvalue weighted by Crippen LogP contribution is -2.37. The molecule has 0 radical (unpaired) electrons. The average molecular weight is 411 g/mol. The van der Waals surface area contributed by atoms with E-state index in [-0.39, 0.29) is 6.04 Å². The SMILES string of the molecule is C=CNNC(C)/C(=C(\Cc1ccc(C)cc1)Cc1cccc(CC)c1)c1ccccc1. The number of allylic oxidation sites excluding steroid dienone is 1. The van der Waals surface area contributed by atoms with Crippen LogP contribution in [0.3, 0.4) is 0 Å². The summed E-state index contributed by atoms with van der Waals surface area (Å²) in [7, 11) is 0. The smallest absolute Gasteiger partial charge is 0.0487 e. The van der Waals surface area contributed by atoms with Gasteiger partial charge in [0.05, 0.1) is 0 Å². The Labute approximate surface area is 187 Å². The molecule has 0 amide bonds. The maximum atomic E-state index is 3.78. The molecule has 0 aliphatic heterocycles. The Morgan fingerprint density at radius 3 is 2.23 bits per heavy atom. The van der Waals surface area contributed by atoms with Crippen LogP contribution < -0.4 is 10.9 Å². The van der Waals surface area contributed by atoms with Gasteiger partial charge < -0.3 is 5.43 Å². The summed E-state index contributed by atoms with van der Waals surface area (Å²) in [6.45, 7) is 10.3. The van der Waals surface area contributed by atoms with E-state index in [2.05, 4.69) is 117 Å². The molecule has 0 spiro atoms. The molecular weight excluding hydrogens is 376 g/mol. The zero-order valence-corrected chi connectivity index (χ0v) is 19.0. The van der Waals surface area contributed by atoms with Crippen molar-refractivity contribution in [3.05, 3.63) is 125 Å². The number of rotatable bonds is 10. The van der Waals surface area contributed by atoms with Gasteiger partial charge in [-0.1, -0.05) is 104 Å². The Morgan fingerprint density at radius 1 is 0.871 bits per heavy atom. The molecule has 3 rings (SSSR count). The topological polar surface area (TPSA) is 24.1 Å². The fourth-order valence-corrected chi connectivity index (χ4v) is 4.05. The van der Waals surface area contributed by atoms with E-state index in [0.717, 1.165) is 19.3 Å². The molecule has 31 heavy (non-hydrogen) atoms. The van der Waals surface area contributed by atoms with Crippen LogP contribution in [0.25, 0.3) is 5.57 Å². The number of benzene rings is 3. The van der Waals surface area contributed by atoms with Crippen LogP contribution in [0.2, 0.25) is 0 Å². The third-order valence-electron chi connectivity index (χ3n) is 5.66. The Morgan fingerprint density at radius 2 is 1.55 bits per heavy atom. The molecule has 2 heteroatoms. The predicted octanol–water partition coefficient (Wildman–Crippen LogP) is 6.42. The van der Waals surface area contributed by atoms with Crippen LogP contribution >= 0.6 is 0 Å². The zero-order chi connectivity index (χ0) is 22.1. The molecule has 0 fully saturated rings. The molecular formula is C29H34N2. The number of aryl methyl sites for hydroxylation is 2. The Hall–Kier alpha value is -3.10. The Balaban J connectivity index is 2.10. The van der Waals surface area contributed by atoms with Gasteiger partial charge in [0.25, 0.3) is 0 Å². The molecule has 0 saturated heterocycles. The minimum absolute atomic E-state index is 0.121. The molecule has 2 N–H and O–H groups in total. The fourth-order valence-electron chi connectivity index (χ4n) is 4.05. The van der Waals surface area contributed by atoms with Crippen LogP contribution in [0.15, 0.2) is 97.2 Å². The largest absolute Gasteiger partial charge is 0.329 e. The van der Waals surface area contributed by atoms with Crippen molar-refractivity contribution < 1.29 is 0 Å². The van der Waals surface area contributed by atoms with Gasteiger partial charge in [-0.05, 0) is 60.9 Å². The van der Waals surface area contributed by atoms with E-state index >= 15 is 0 Å². The van der Waals surface area contributed by atoms with Gasteiger partial charge in [-0.2, -0.15) is 0 Å². The standard InChI is InChI=1S/C29H34N2/c1-5-24-11-10-12-26(19-24)21-28(20-25-17-15-22(3)16-18-25)29(23(4)31-30-6-2)27-13-8-7-9-14-27/h6-19,23,30-31H,2,5,20-21H2,1,3-4H3/b29-28-. The molecule has 0 aliphatic rings. The van der Waals surface area contributed by atoms with Crippen LogP contribution in [0, 0.1) is 6.92 Å². The van der Waals surface area contributed by atoms with Crippen LogP contribution in [-0.4, -0.2) is 6.04 Å². The average Bonchev–Trinajstić information content (AvgIpc) is 2.80. The molecule has 160 valence electrons. The van der Waals surface area contributed by atoms with Crippen LogP contribution in [0.5, 0.6) is 0 Å². The second-order valence-electron chi connectivity index (χ2n) is 8.11. The quantitative estimate of drug-likeness (QED) is 0.377. The van der Waals surface area contributed by atoms with E-state index in [1.165, 1.54) is 39.0 Å². The normalized spacial score (nSPS) is 12.7. The first-order valence-corrected chi connectivity index (χ1v) is 11.1. The van der Waals surface area contributed by atoms with Crippen molar-refractivity contribution in [2.75, 3.05) is 0 Å². The van der Waals surface area contributed by atoms with Crippen LogP contribution in [-0.2, 0) is 19.3 Å². The van der Waals surface area contributed by atoms with Gasteiger partial charge in [0.1, 0.15) is 0 Å². The van der Waals surface area contributed by atoms with Gasteiger partial charge >= 0.3 is 0 Å². The third-order valence-corrected chi connectivity index (χ3v) is 5.66.